The van der Waals surface area contributed by atoms with E-state index in [9.17, 15) is 0 Å². The number of aromatic amines is 1. The molecule has 0 fully saturated rings. The van der Waals surface area contributed by atoms with Gasteiger partial charge >= 0.3 is 0 Å². The van der Waals surface area contributed by atoms with Crippen molar-refractivity contribution in [2.45, 2.75) is 32.7 Å². The summed E-state index contributed by atoms with van der Waals surface area (Å²) in [6.07, 6.45) is 1.03. The Hall–Kier alpha value is -0.740. The minimum absolute atomic E-state index is 0.444. The fraction of sp³-hybridized carbons (Fsp3) is 0.600. The molecule has 1 aliphatic heterocycles. The molecule has 0 saturated heterocycles. The molecule has 2 N–H and O–H groups in total. The van der Waals surface area contributed by atoms with Gasteiger partial charge in [0.15, 0.2) is 4.77 Å². The summed E-state index contributed by atoms with van der Waals surface area (Å²) in [6, 6.07) is 0. The number of fused-ring (bicyclic) bond motifs is 1. The second-order valence-electron chi connectivity index (χ2n) is 3.97. The van der Waals surface area contributed by atoms with Gasteiger partial charge in [0.2, 0.25) is 0 Å². The van der Waals surface area contributed by atoms with Gasteiger partial charge in [-0.15, -0.1) is 0 Å². The van der Waals surface area contributed by atoms with Crippen LogP contribution in [0.15, 0.2) is 0 Å². The molecule has 1 aromatic rings. The first kappa shape index (κ1) is 9.80. The maximum absolute atomic E-state index is 5.12. The Balaban J connectivity index is 2.58. The van der Waals surface area contributed by atoms with E-state index in [0.717, 1.165) is 25.2 Å². The van der Waals surface area contributed by atoms with E-state index in [-0.39, 0.29) is 0 Å². The van der Waals surface area contributed by atoms with Crippen LogP contribution in [0.1, 0.15) is 36.7 Å². The first-order chi connectivity index (χ1) is 6.68. The van der Waals surface area contributed by atoms with Crippen LogP contribution >= 0.6 is 12.2 Å². The number of hydrogen-bond acceptors (Lipinski definition) is 3. The highest BCUT2D eigenvalue weighted by Crippen LogP contribution is 2.21. The monoisotopic (exact) mass is 209 g/mol. The Bertz CT molecular complexity index is 395. The van der Waals surface area contributed by atoms with Gasteiger partial charge in [0.25, 0.3) is 0 Å². The summed E-state index contributed by atoms with van der Waals surface area (Å²) >= 11 is 5.12. The van der Waals surface area contributed by atoms with Crippen LogP contribution in [0.4, 0.5) is 0 Å². The number of aromatic nitrogens is 2. The third kappa shape index (κ3) is 1.72. The number of nitrogens with zero attached hydrogens (tertiary/aromatic N) is 1. The molecule has 0 spiro atoms. The smallest absolute Gasteiger partial charge is 0.197 e. The van der Waals surface area contributed by atoms with Gasteiger partial charge in [0.05, 0.1) is 5.69 Å². The van der Waals surface area contributed by atoms with Crippen LogP contribution in [0.3, 0.4) is 0 Å². The summed E-state index contributed by atoms with van der Waals surface area (Å²) in [5.41, 5.74) is 3.74. The standard InChI is InChI=1S/C10H15N3S/c1-6(2)9-7-5-11-4-3-8(7)12-10(14)13-9/h6,11H,3-5H2,1-2H3,(H,12,13,14). The Labute approximate surface area is 89.0 Å². The molecule has 0 unspecified atom stereocenters. The molecule has 1 aliphatic rings. The molecule has 0 saturated carbocycles. The average molecular weight is 209 g/mol. The lowest BCUT2D eigenvalue weighted by Crippen LogP contribution is -2.26. The van der Waals surface area contributed by atoms with Crippen molar-refractivity contribution in [2.75, 3.05) is 6.54 Å². The molecule has 14 heavy (non-hydrogen) atoms. The van der Waals surface area contributed by atoms with E-state index >= 15 is 0 Å². The molecule has 2 rings (SSSR count). The fourth-order valence-electron chi connectivity index (χ4n) is 1.88. The normalized spacial score (nSPS) is 15.6. The first-order valence-corrected chi connectivity index (χ1v) is 5.42. The predicted molar refractivity (Wildman–Crippen MR) is 58.9 cm³/mol. The second kappa shape index (κ2) is 3.79. The van der Waals surface area contributed by atoms with Crippen LogP contribution in [0.25, 0.3) is 0 Å². The topological polar surface area (TPSA) is 40.7 Å². The van der Waals surface area contributed by atoms with Crippen molar-refractivity contribution in [1.82, 2.24) is 15.3 Å². The summed E-state index contributed by atoms with van der Waals surface area (Å²) in [5.74, 6) is 0.444. The van der Waals surface area contributed by atoms with E-state index in [1.54, 1.807) is 0 Å². The molecule has 0 radical (unpaired) electrons. The minimum Gasteiger partial charge on any atom is -0.334 e. The highest BCUT2D eigenvalue weighted by molar-refractivity contribution is 7.71. The van der Waals surface area contributed by atoms with Crippen LogP contribution in [0.2, 0.25) is 0 Å². The lowest BCUT2D eigenvalue weighted by molar-refractivity contribution is 0.606. The number of nitrogens with one attached hydrogen (secondary N) is 2. The Morgan fingerprint density at radius 2 is 2.21 bits per heavy atom. The molecular formula is C10H15N3S. The fourth-order valence-corrected chi connectivity index (χ4v) is 2.10. The number of H-pyrrole nitrogens is 1. The zero-order valence-corrected chi connectivity index (χ0v) is 9.37. The van der Waals surface area contributed by atoms with Crippen LogP contribution in [0.5, 0.6) is 0 Å². The van der Waals surface area contributed by atoms with Crippen LogP contribution in [-0.2, 0) is 13.0 Å². The lowest BCUT2D eigenvalue weighted by Gasteiger charge is -2.20. The Morgan fingerprint density at radius 1 is 1.43 bits per heavy atom. The van der Waals surface area contributed by atoms with E-state index in [1.165, 1.54) is 11.3 Å². The van der Waals surface area contributed by atoms with Gasteiger partial charge in [-0.3, -0.25) is 0 Å². The van der Waals surface area contributed by atoms with Crippen LogP contribution in [0, 0.1) is 4.77 Å². The molecule has 4 heteroatoms. The maximum Gasteiger partial charge on any atom is 0.197 e. The largest absolute Gasteiger partial charge is 0.334 e. The second-order valence-corrected chi connectivity index (χ2v) is 4.35. The molecule has 0 amide bonds. The summed E-state index contributed by atoms with van der Waals surface area (Å²) < 4.78 is 0.620. The first-order valence-electron chi connectivity index (χ1n) is 5.01. The summed E-state index contributed by atoms with van der Waals surface area (Å²) in [7, 11) is 0. The van der Waals surface area contributed by atoms with Crippen molar-refractivity contribution in [3.63, 3.8) is 0 Å². The van der Waals surface area contributed by atoms with Gasteiger partial charge in [-0.1, -0.05) is 13.8 Å². The molecule has 76 valence electrons. The van der Waals surface area contributed by atoms with Gasteiger partial charge in [0.1, 0.15) is 0 Å². The van der Waals surface area contributed by atoms with Crippen LogP contribution in [-0.4, -0.2) is 16.5 Å². The summed E-state index contributed by atoms with van der Waals surface area (Å²) in [4.78, 5) is 7.59. The molecule has 0 bridgehead atoms. The third-order valence-corrected chi connectivity index (χ3v) is 2.75. The van der Waals surface area contributed by atoms with Crippen LogP contribution < -0.4 is 5.32 Å². The van der Waals surface area contributed by atoms with Gasteiger partial charge in [0, 0.05) is 30.8 Å². The number of rotatable bonds is 1. The Morgan fingerprint density at radius 3 is 2.93 bits per heavy atom. The average Bonchev–Trinajstić information content (AvgIpc) is 2.16. The SMILES string of the molecule is CC(C)c1nc(=S)[nH]c2c1CNCC2. The Kier molecular flexibility index (Phi) is 2.65. The van der Waals surface area contributed by atoms with Gasteiger partial charge in [-0.05, 0) is 18.1 Å². The van der Waals surface area contributed by atoms with Crippen molar-refractivity contribution >= 4 is 12.2 Å². The summed E-state index contributed by atoms with van der Waals surface area (Å²) in [5, 5.41) is 3.36. The van der Waals surface area contributed by atoms with Crippen molar-refractivity contribution in [1.29, 1.82) is 0 Å². The quantitative estimate of drug-likeness (QED) is 0.694. The molecule has 0 aliphatic carbocycles. The molecule has 3 nitrogen and oxygen atoms in total. The van der Waals surface area contributed by atoms with E-state index in [1.807, 2.05) is 0 Å². The minimum atomic E-state index is 0.444. The lowest BCUT2D eigenvalue weighted by atomic mass is 9.99. The molecule has 2 heterocycles. The summed E-state index contributed by atoms with van der Waals surface area (Å²) in [6.45, 7) is 6.26. The third-order valence-electron chi connectivity index (χ3n) is 2.55. The van der Waals surface area contributed by atoms with Crippen molar-refractivity contribution in [3.8, 4) is 0 Å². The molecule has 1 aromatic heterocycles. The molecule has 0 atom stereocenters. The zero-order valence-electron chi connectivity index (χ0n) is 8.55. The predicted octanol–water partition coefficient (Wildman–Crippen LogP) is 1.91. The maximum atomic E-state index is 5.12. The van der Waals surface area contributed by atoms with Crippen molar-refractivity contribution in [3.05, 3.63) is 21.7 Å². The van der Waals surface area contributed by atoms with Gasteiger partial charge in [-0.25, -0.2) is 4.98 Å². The molecular weight excluding hydrogens is 194 g/mol. The van der Waals surface area contributed by atoms with Gasteiger partial charge < -0.3 is 10.3 Å². The van der Waals surface area contributed by atoms with Crippen molar-refractivity contribution in [2.24, 2.45) is 0 Å². The van der Waals surface area contributed by atoms with Crippen molar-refractivity contribution < 1.29 is 0 Å². The van der Waals surface area contributed by atoms with E-state index in [2.05, 4.69) is 29.1 Å². The van der Waals surface area contributed by atoms with E-state index in [0.29, 0.717) is 10.7 Å². The van der Waals surface area contributed by atoms with E-state index < -0.39 is 0 Å². The highest BCUT2D eigenvalue weighted by Gasteiger charge is 2.16. The highest BCUT2D eigenvalue weighted by atomic mass is 32.1. The van der Waals surface area contributed by atoms with Gasteiger partial charge in [-0.2, -0.15) is 0 Å². The number of hydrogen-bond donors (Lipinski definition) is 2. The van der Waals surface area contributed by atoms with E-state index in [4.69, 9.17) is 12.2 Å². The molecule has 0 aromatic carbocycles. The zero-order chi connectivity index (χ0) is 10.1.